The standard InChI is InChI=1S/C14H32O6Si4/c1-13(14(15)16)11-9-10-12-24(8)19-22(4,5)17-21(2,3)18-23(6,7)20-24/h1,9-12H2,2-8H3,(H,15,16). The number of aliphatic carboxylic acids is 1. The summed E-state index contributed by atoms with van der Waals surface area (Å²) in [5.41, 5.74) is 0.255. The van der Waals surface area contributed by atoms with Crippen LogP contribution in [-0.4, -0.2) is 45.3 Å². The Morgan fingerprint density at radius 3 is 1.67 bits per heavy atom. The van der Waals surface area contributed by atoms with E-state index in [1.165, 1.54) is 0 Å². The zero-order chi connectivity index (χ0) is 18.8. The second-order valence-electron chi connectivity index (χ2n) is 7.86. The van der Waals surface area contributed by atoms with Crippen LogP contribution >= 0.6 is 0 Å². The van der Waals surface area contributed by atoms with Gasteiger partial charge in [0, 0.05) is 5.57 Å². The molecule has 0 aromatic heterocycles. The van der Waals surface area contributed by atoms with E-state index in [4.69, 9.17) is 21.6 Å². The van der Waals surface area contributed by atoms with Crippen molar-refractivity contribution in [3.05, 3.63) is 12.2 Å². The van der Waals surface area contributed by atoms with E-state index in [9.17, 15) is 4.79 Å². The molecule has 1 heterocycles. The van der Waals surface area contributed by atoms with Crippen molar-refractivity contribution in [2.75, 3.05) is 0 Å². The maximum absolute atomic E-state index is 10.8. The maximum Gasteiger partial charge on any atom is 0.330 e. The molecule has 0 bridgehead atoms. The maximum atomic E-state index is 10.8. The second kappa shape index (κ2) is 7.66. The topological polar surface area (TPSA) is 74.2 Å². The van der Waals surface area contributed by atoms with Crippen molar-refractivity contribution in [3.63, 3.8) is 0 Å². The van der Waals surface area contributed by atoms with Crippen molar-refractivity contribution in [2.24, 2.45) is 0 Å². The molecule has 1 fully saturated rings. The van der Waals surface area contributed by atoms with Crippen LogP contribution in [0.2, 0.25) is 51.9 Å². The quantitative estimate of drug-likeness (QED) is 0.406. The number of carboxylic acids is 1. The molecular weight excluding hydrogens is 376 g/mol. The molecule has 0 amide bonds. The summed E-state index contributed by atoms with van der Waals surface area (Å²) in [6.45, 7) is 17.9. The summed E-state index contributed by atoms with van der Waals surface area (Å²) in [6, 6.07) is 0.807. The van der Waals surface area contributed by atoms with Gasteiger partial charge in [0.25, 0.3) is 0 Å². The van der Waals surface area contributed by atoms with Crippen molar-refractivity contribution in [3.8, 4) is 0 Å². The first-order valence-electron chi connectivity index (χ1n) is 8.37. The molecular formula is C14H32O6Si4. The molecule has 0 radical (unpaired) electrons. The summed E-state index contributed by atoms with van der Waals surface area (Å²) in [5.74, 6) is -0.923. The van der Waals surface area contributed by atoms with Gasteiger partial charge in [0.15, 0.2) is 0 Å². The zero-order valence-corrected chi connectivity index (χ0v) is 20.0. The molecule has 140 valence electrons. The molecule has 1 saturated heterocycles. The molecule has 0 aromatic carbocycles. The van der Waals surface area contributed by atoms with E-state index in [1.54, 1.807) is 0 Å². The van der Waals surface area contributed by atoms with Gasteiger partial charge in [-0.1, -0.05) is 13.0 Å². The summed E-state index contributed by atoms with van der Waals surface area (Å²) >= 11 is 0. The first-order valence-corrected chi connectivity index (χ1v) is 19.3. The Bertz CT molecular complexity index is 470. The highest BCUT2D eigenvalue weighted by molar-refractivity contribution is 6.93. The molecule has 0 unspecified atom stereocenters. The smallest absolute Gasteiger partial charge is 0.330 e. The minimum atomic E-state index is -2.43. The first-order chi connectivity index (χ1) is 10.7. The Morgan fingerprint density at radius 1 is 0.833 bits per heavy atom. The fourth-order valence-electron chi connectivity index (χ4n) is 3.30. The Labute approximate surface area is 150 Å². The van der Waals surface area contributed by atoms with Crippen molar-refractivity contribution < 1.29 is 26.4 Å². The lowest BCUT2D eigenvalue weighted by Crippen LogP contribution is -2.64. The molecule has 0 atom stereocenters. The van der Waals surface area contributed by atoms with Crippen molar-refractivity contribution in [2.45, 2.75) is 71.1 Å². The van der Waals surface area contributed by atoms with Crippen LogP contribution in [0.5, 0.6) is 0 Å². The largest absolute Gasteiger partial charge is 0.478 e. The third-order valence-electron chi connectivity index (χ3n) is 3.57. The fraction of sp³-hybridized carbons (Fsp3) is 0.786. The van der Waals surface area contributed by atoms with Crippen LogP contribution in [-0.2, 0) is 21.3 Å². The van der Waals surface area contributed by atoms with Gasteiger partial charge in [-0.15, -0.1) is 0 Å². The van der Waals surface area contributed by atoms with E-state index in [1.807, 2.05) is 39.3 Å². The third-order valence-corrected chi connectivity index (χ3v) is 20.1. The number of unbranched alkanes of at least 4 members (excludes halogenated alkanes) is 1. The minimum absolute atomic E-state index is 0.255. The number of hydrogen-bond acceptors (Lipinski definition) is 5. The van der Waals surface area contributed by atoms with Gasteiger partial charge in [0.1, 0.15) is 0 Å². The molecule has 1 rings (SSSR count). The van der Waals surface area contributed by atoms with Gasteiger partial charge in [0.2, 0.25) is 0 Å². The number of carboxylic acid groups (broad SMARTS) is 1. The van der Waals surface area contributed by atoms with Crippen LogP contribution in [0.4, 0.5) is 0 Å². The van der Waals surface area contributed by atoms with E-state index >= 15 is 0 Å². The molecule has 0 spiro atoms. The van der Waals surface area contributed by atoms with Gasteiger partial charge in [0.05, 0.1) is 0 Å². The van der Waals surface area contributed by atoms with Crippen LogP contribution < -0.4 is 0 Å². The lowest BCUT2D eigenvalue weighted by atomic mass is 10.1. The van der Waals surface area contributed by atoms with Gasteiger partial charge in [-0.05, 0) is 64.7 Å². The molecule has 0 aromatic rings. The average molecular weight is 409 g/mol. The molecule has 1 aliphatic rings. The third kappa shape index (κ3) is 7.43. The van der Waals surface area contributed by atoms with Crippen LogP contribution in [0.3, 0.4) is 0 Å². The highest BCUT2D eigenvalue weighted by Crippen LogP contribution is 2.33. The summed E-state index contributed by atoms with van der Waals surface area (Å²) in [4.78, 5) is 10.8. The van der Waals surface area contributed by atoms with Crippen molar-refractivity contribution in [1.82, 2.24) is 0 Å². The number of hydrogen-bond donors (Lipinski definition) is 1. The number of rotatable bonds is 6. The SMILES string of the molecule is C=C(CCCC[Si]1(C)O[Si](C)(C)O[Si](C)(C)O[Si](C)(C)O1)C(=O)O. The van der Waals surface area contributed by atoms with Gasteiger partial charge in [-0.2, -0.15) is 0 Å². The molecule has 6 nitrogen and oxygen atoms in total. The Hall–Kier alpha value is -0.0825. The van der Waals surface area contributed by atoms with Gasteiger partial charge < -0.3 is 21.6 Å². The fourth-order valence-corrected chi connectivity index (χ4v) is 25.0. The summed E-state index contributed by atoms with van der Waals surface area (Å²) in [6.07, 6.45) is 2.12. The van der Waals surface area contributed by atoms with E-state index in [0.717, 1.165) is 18.9 Å². The highest BCUT2D eigenvalue weighted by Gasteiger charge is 2.52. The Morgan fingerprint density at radius 2 is 1.25 bits per heavy atom. The zero-order valence-electron chi connectivity index (χ0n) is 16.0. The normalized spacial score (nSPS) is 24.6. The second-order valence-corrected chi connectivity index (χ2v) is 22.3. The van der Waals surface area contributed by atoms with E-state index < -0.39 is 40.2 Å². The molecule has 1 N–H and O–H groups in total. The van der Waals surface area contributed by atoms with Crippen LogP contribution in [0.25, 0.3) is 0 Å². The molecule has 10 heteroatoms. The lowest BCUT2D eigenvalue weighted by molar-refractivity contribution is -0.132. The predicted molar refractivity (Wildman–Crippen MR) is 104 cm³/mol. The van der Waals surface area contributed by atoms with E-state index in [0.29, 0.717) is 6.42 Å². The highest BCUT2D eigenvalue weighted by atomic mass is 28.5. The monoisotopic (exact) mass is 408 g/mol. The molecule has 0 saturated carbocycles. The molecule has 1 aliphatic heterocycles. The summed E-state index contributed by atoms with van der Waals surface area (Å²) in [5, 5.41) is 8.88. The van der Waals surface area contributed by atoms with E-state index in [2.05, 4.69) is 13.1 Å². The van der Waals surface area contributed by atoms with Crippen molar-refractivity contribution >= 4 is 40.2 Å². The van der Waals surface area contributed by atoms with Crippen molar-refractivity contribution in [1.29, 1.82) is 0 Å². The number of carbonyl (C=O) groups is 1. The molecule has 0 aliphatic carbocycles. The Balaban J connectivity index is 2.75. The lowest BCUT2D eigenvalue weighted by Gasteiger charge is -2.47. The van der Waals surface area contributed by atoms with Crippen LogP contribution in [0, 0.1) is 0 Å². The summed E-state index contributed by atoms with van der Waals surface area (Å²) in [7, 11) is -9.33. The predicted octanol–water partition coefficient (Wildman–Crippen LogP) is 4.05. The van der Waals surface area contributed by atoms with Gasteiger partial charge in [-0.3, -0.25) is 0 Å². The van der Waals surface area contributed by atoms with Crippen LogP contribution in [0.15, 0.2) is 12.2 Å². The summed E-state index contributed by atoms with van der Waals surface area (Å²) < 4.78 is 25.6. The molecule has 24 heavy (non-hydrogen) atoms. The van der Waals surface area contributed by atoms with E-state index in [-0.39, 0.29) is 5.57 Å². The van der Waals surface area contributed by atoms with Gasteiger partial charge >= 0.3 is 40.2 Å². The average Bonchev–Trinajstić information content (AvgIpc) is 2.27. The van der Waals surface area contributed by atoms with Crippen LogP contribution in [0.1, 0.15) is 19.3 Å². The Kier molecular flexibility index (Phi) is 7.01. The van der Waals surface area contributed by atoms with Gasteiger partial charge in [-0.25, -0.2) is 4.79 Å². The first kappa shape index (κ1) is 22.0. The minimum Gasteiger partial charge on any atom is -0.478 e.